The van der Waals surface area contributed by atoms with Gasteiger partial charge in [-0.3, -0.25) is 4.79 Å². The Kier molecular flexibility index (Phi) is 7.11. The number of amides is 3. The van der Waals surface area contributed by atoms with Crippen LogP contribution in [0.4, 0.5) is 10.5 Å². The fraction of sp³-hybridized carbons (Fsp3) is 0.619. The van der Waals surface area contributed by atoms with E-state index in [1.807, 2.05) is 63.8 Å². The van der Waals surface area contributed by atoms with Crippen LogP contribution in [0.1, 0.15) is 57.8 Å². The van der Waals surface area contributed by atoms with Gasteiger partial charge < -0.3 is 20.4 Å². The normalized spacial score (nSPS) is 15.4. The van der Waals surface area contributed by atoms with Crippen molar-refractivity contribution in [2.45, 2.75) is 59.0 Å². The summed E-state index contributed by atoms with van der Waals surface area (Å²) < 4.78 is 0. The molecular weight excluding hydrogens is 340 g/mol. The van der Waals surface area contributed by atoms with Crippen LogP contribution in [-0.2, 0) is 0 Å². The van der Waals surface area contributed by atoms with Gasteiger partial charge in [0.2, 0.25) is 0 Å². The standard InChI is InChI=1S/C21H34N4O2/c1-6-24(7-2)19(26)17-10-8-9-11-18(17)25-14-12-16(13-15-25)22-20(27)23-21(3,4)5/h8-11,16H,6-7,12-15H2,1-5H3,(H2,22,23,27). The van der Waals surface area contributed by atoms with Gasteiger partial charge in [0.05, 0.1) is 5.56 Å². The molecule has 0 aliphatic carbocycles. The molecule has 1 aromatic carbocycles. The molecule has 6 nitrogen and oxygen atoms in total. The van der Waals surface area contributed by atoms with Gasteiger partial charge in [-0.15, -0.1) is 0 Å². The molecule has 27 heavy (non-hydrogen) atoms. The maximum absolute atomic E-state index is 12.8. The SMILES string of the molecule is CCN(CC)C(=O)c1ccccc1N1CCC(NC(=O)NC(C)(C)C)CC1. The second-order valence-corrected chi connectivity index (χ2v) is 8.10. The van der Waals surface area contributed by atoms with Crippen molar-refractivity contribution in [2.75, 3.05) is 31.1 Å². The van der Waals surface area contributed by atoms with Crippen molar-refractivity contribution < 1.29 is 9.59 Å². The second kappa shape index (κ2) is 9.11. The first kappa shape index (κ1) is 21.1. The van der Waals surface area contributed by atoms with Crippen LogP contribution in [-0.4, -0.2) is 54.6 Å². The summed E-state index contributed by atoms with van der Waals surface area (Å²) in [5, 5.41) is 6.01. The Hall–Kier alpha value is -2.24. The predicted octanol–water partition coefficient (Wildman–Crippen LogP) is 3.24. The zero-order valence-electron chi connectivity index (χ0n) is 17.3. The van der Waals surface area contributed by atoms with Crippen LogP contribution in [0, 0.1) is 0 Å². The zero-order chi connectivity index (χ0) is 20.0. The van der Waals surface area contributed by atoms with Crippen molar-refractivity contribution in [3.8, 4) is 0 Å². The third kappa shape index (κ3) is 5.88. The fourth-order valence-electron chi connectivity index (χ4n) is 3.44. The first-order chi connectivity index (χ1) is 12.7. The molecule has 0 atom stereocenters. The monoisotopic (exact) mass is 374 g/mol. The lowest BCUT2D eigenvalue weighted by Crippen LogP contribution is -2.52. The molecule has 2 rings (SSSR count). The van der Waals surface area contributed by atoms with Crippen molar-refractivity contribution in [3.05, 3.63) is 29.8 Å². The molecule has 1 aliphatic heterocycles. The molecule has 150 valence electrons. The molecular formula is C21H34N4O2. The van der Waals surface area contributed by atoms with E-state index < -0.39 is 0 Å². The van der Waals surface area contributed by atoms with E-state index in [1.54, 1.807) is 0 Å². The van der Waals surface area contributed by atoms with Crippen LogP contribution in [0.3, 0.4) is 0 Å². The molecule has 1 aromatic rings. The molecule has 6 heteroatoms. The van der Waals surface area contributed by atoms with E-state index in [2.05, 4.69) is 15.5 Å². The van der Waals surface area contributed by atoms with Gasteiger partial charge in [0.25, 0.3) is 5.91 Å². The number of hydrogen-bond donors (Lipinski definition) is 2. The molecule has 1 fully saturated rings. The van der Waals surface area contributed by atoms with Gasteiger partial charge in [-0.25, -0.2) is 4.79 Å². The molecule has 0 radical (unpaired) electrons. The van der Waals surface area contributed by atoms with Crippen LogP contribution in [0.25, 0.3) is 0 Å². The minimum Gasteiger partial charge on any atom is -0.371 e. The van der Waals surface area contributed by atoms with Crippen LogP contribution < -0.4 is 15.5 Å². The fourth-order valence-corrected chi connectivity index (χ4v) is 3.44. The van der Waals surface area contributed by atoms with E-state index in [-0.39, 0.29) is 23.5 Å². The Balaban J connectivity index is 2.00. The lowest BCUT2D eigenvalue weighted by atomic mass is 10.0. The molecule has 0 bridgehead atoms. The summed E-state index contributed by atoms with van der Waals surface area (Å²) in [6.45, 7) is 13.0. The first-order valence-corrected chi connectivity index (χ1v) is 9.97. The average molecular weight is 375 g/mol. The van der Waals surface area contributed by atoms with Gasteiger partial charge in [0, 0.05) is 43.4 Å². The summed E-state index contributed by atoms with van der Waals surface area (Å²) in [4.78, 5) is 29.0. The molecule has 0 unspecified atom stereocenters. The summed E-state index contributed by atoms with van der Waals surface area (Å²) in [5.74, 6) is 0.0837. The van der Waals surface area contributed by atoms with E-state index in [0.29, 0.717) is 13.1 Å². The number of carbonyl (C=O) groups is 2. The number of nitrogens with zero attached hydrogens (tertiary/aromatic N) is 2. The molecule has 1 heterocycles. The minimum absolute atomic E-state index is 0.0837. The maximum Gasteiger partial charge on any atom is 0.315 e. The topological polar surface area (TPSA) is 64.7 Å². The van der Waals surface area contributed by atoms with Crippen LogP contribution in [0.15, 0.2) is 24.3 Å². The highest BCUT2D eigenvalue weighted by molar-refractivity contribution is 5.99. The van der Waals surface area contributed by atoms with Gasteiger partial charge in [0.1, 0.15) is 0 Å². The number of benzene rings is 1. The van der Waals surface area contributed by atoms with E-state index in [9.17, 15) is 9.59 Å². The van der Waals surface area contributed by atoms with Crippen LogP contribution in [0.5, 0.6) is 0 Å². The number of carbonyl (C=O) groups excluding carboxylic acids is 2. The van der Waals surface area contributed by atoms with Crippen LogP contribution in [0.2, 0.25) is 0 Å². The van der Waals surface area contributed by atoms with E-state index in [0.717, 1.165) is 37.2 Å². The zero-order valence-corrected chi connectivity index (χ0v) is 17.3. The van der Waals surface area contributed by atoms with Gasteiger partial charge >= 0.3 is 6.03 Å². The van der Waals surface area contributed by atoms with Crippen molar-refractivity contribution in [2.24, 2.45) is 0 Å². The number of anilines is 1. The number of rotatable bonds is 5. The Morgan fingerprint density at radius 1 is 1.11 bits per heavy atom. The third-order valence-electron chi connectivity index (χ3n) is 4.84. The predicted molar refractivity (Wildman–Crippen MR) is 110 cm³/mol. The van der Waals surface area contributed by atoms with Crippen molar-refractivity contribution >= 4 is 17.6 Å². The molecule has 1 saturated heterocycles. The van der Waals surface area contributed by atoms with Gasteiger partial charge in [-0.2, -0.15) is 0 Å². The lowest BCUT2D eigenvalue weighted by Gasteiger charge is -2.35. The highest BCUT2D eigenvalue weighted by atomic mass is 16.2. The Morgan fingerprint density at radius 3 is 2.26 bits per heavy atom. The van der Waals surface area contributed by atoms with Crippen molar-refractivity contribution in [3.63, 3.8) is 0 Å². The Labute approximate surface area is 163 Å². The van der Waals surface area contributed by atoms with Gasteiger partial charge in [0.15, 0.2) is 0 Å². The molecule has 0 saturated carbocycles. The van der Waals surface area contributed by atoms with Gasteiger partial charge in [-0.05, 0) is 59.6 Å². The smallest absolute Gasteiger partial charge is 0.315 e. The van der Waals surface area contributed by atoms with E-state index >= 15 is 0 Å². The number of hydrogen-bond acceptors (Lipinski definition) is 3. The Bertz CT molecular complexity index is 642. The van der Waals surface area contributed by atoms with Gasteiger partial charge in [-0.1, -0.05) is 12.1 Å². The highest BCUT2D eigenvalue weighted by Gasteiger charge is 2.25. The van der Waals surface area contributed by atoms with E-state index in [1.165, 1.54) is 0 Å². The lowest BCUT2D eigenvalue weighted by molar-refractivity contribution is 0.0773. The Morgan fingerprint density at radius 2 is 1.70 bits per heavy atom. The van der Waals surface area contributed by atoms with Crippen molar-refractivity contribution in [1.29, 1.82) is 0 Å². The largest absolute Gasteiger partial charge is 0.371 e. The molecule has 0 aromatic heterocycles. The minimum atomic E-state index is -0.242. The highest BCUT2D eigenvalue weighted by Crippen LogP contribution is 2.25. The molecule has 2 N–H and O–H groups in total. The summed E-state index contributed by atoms with van der Waals surface area (Å²) >= 11 is 0. The number of piperidine rings is 1. The summed E-state index contributed by atoms with van der Waals surface area (Å²) in [6.07, 6.45) is 1.73. The van der Waals surface area contributed by atoms with E-state index in [4.69, 9.17) is 0 Å². The number of urea groups is 1. The number of para-hydroxylation sites is 1. The number of nitrogens with one attached hydrogen (secondary N) is 2. The van der Waals surface area contributed by atoms with Crippen LogP contribution >= 0.6 is 0 Å². The third-order valence-corrected chi connectivity index (χ3v) is 4.84. The first-order valence-electron chi connectivity index (χ1n) is 9.97. The second-order valence-electron chi connectivity index (χ2n) is 8.10. The summed E-state index contributed by atoms with van der Waals surface area (Å²) in [6, 6.07) is 7.89. The molecule has 3 amide bonds. The molecule has 1 aliphatic rings. The average Bonchev–Trinajstić information content (AvgIpc) is 2.61. The molecule has 0 spiro atoms. The summed E-state index contributed by atoms with van der Waals surface area (Å²) in [5.41, 5.74) is 1.51. The van der Waals surface area contributed by atoms with Crippen molar-refractivity contribution in [1.82, 2.24) is 15.5 Å². The maximum atomic E-state index is 12.8. The summed E-state index contributed by atoms with van der Waals surface area (Å²) in [7, 11) is 0. The quantitative estimate of drug-likeness (QED) is 0.832.